The molecule has 0 atom stereocenters. The standard InChI is InChI=1S/C19H23N3O4S/c23-19(24)22-18-12-14(10-11-20-18)13-21-27(25,26)17-8-6-16(7-9-17)15-4-2-1-3-5-15/h6-12,15,21H,1-5,13H2,(H,20,22)(H,23,24). The fourth-order valence-electron chi connectivity index (χ4n) is 3.38. The quantitative estimate of drug-likeness (QED) is 0.698. The number of pyridine rings is 1. The molecule has 1 aliphatic rings. The minimum Gasteiger partial charge on any atom is -0.465 e. The Labute approximate surface area is 158 Å². The predicted molar refractivity (Wildman–Crippen MR) is 102 cm³/mol. The molecule has 3 N–H and O–H groups in total. The summed E-state index contributed by atoms with van der Waals surface area (Å²) < 4.78 is 27.6. The van der Waals surface area contributed by atoms with Crippen molar-refractivity contribution in [1.29, 1.82) is 0 Å². The van der Waals surface area contributed by atoms with Crippen molar-refractivity contribution in [1.82, 2.24) is 9.71 Å². The molecule has 27 heavy (non-hydrogen) atoms. The molecule has 1 saturated carbocycles. The third-order valence-corrected chi connectivity index (χ3v) is 6.21. The van der Waals surface area contributed by atoms with Crippen LogP contribution >= 0.6 is 0 Å². The Kier molecular flexibility index (Phi) is 6.08. The fourth-order valence-corrected chi connectivity index (χ4v) is 4.40. The summed E-state index contributed by atoms with van der Waals surface area (Å²) in [6, 6.07) is 10.2. The molecule has 1 aromatic carbocycles. The lowest BCUT2D eigenvalue weighted by atomic mass is 9.84. The summed E-state index contributed by atoms with van der Waals surface area (Å²) in [6.45, 7) is 0.0452. The van der Waals surface area contributed by atoms with Gasteiger partial charge >= 0.3 is 6.09 Å². The zero-order valence-corrected chi connectivity index (χ0v) is 15.7. The zero-order chi connectivity index (χ0) is 19.3. The molecule has 0 saturated heterocycles. The molecule has 0 unspecified atom stereocenters. The van der Waals surface area contributed by atoms with Gasteiger partial charge in [0.1, 0.15) is 5.82 Å². The van der Waals surface area contributed by atoms with E-state index >= 15 is 0 Å². The van der Waals surface area contributed by atoms with Crippen molar-refractivity contribution in [3.05, 3.63) is 53.7 Å². The lowest BCUT2D eigenvalue weighted by molar-refractivity contribution is 0.209. The van der Waals surface area contributed by atoms with Gasteiger partial charge in [-0.25, -0.2) is 22.9 Å². The van der Waals surface area contributed by atoms with Crippen molar-refractivity contribution in [2.45, 2.75) is 49.5 Å². The number of hydrogen-bond acceptors (Lipinski definition) is 4. The highest BCUT2D eigenvalue weighted by molar-refractivity contribution is 7.89. The van der Waals surface area contributed by atoms with Gasteiger partial charge in [-0.1, -0.05) is 31.4 Å². The topological polar surface area (TPSA) is 108 Å². The number of rotatable bonds is 6. The number of hydrogen-bond donors (Lipinski definition) is 3. The van der Waals surface area contributed by atoms with Gasteiger partial charge in [-0.15, -0.1) is 0 Å². The Bertz CT molecular complexity index is 891. The van der Waals surface area contributed by atoms with Crippen LogP contribution in [-0.4, -0.2) is 24.6 Å². The lowest BCUT2D eigenvalue weighted by Crippen LogP contribution is -2.23. The summed E-state index contributed by atoms with van der Waals surface area (Å²) in [5.41, 5.74) is 1.81. The molecule has 1 aliphatic carbocycles. The molecule has 1 amide bonds. The van der Waals surface area contributed by atoms with Crippen molar-refractivity contribution < 1.29 is 18.3 Å². The van der Waals surface area contributed by atoms with E-state index in [4.69, 9.17) is 5.11 Å². The number of carboxylic acid groups (broad SMARTS) is 1. The van der Waals surface area contributed by atoms with E-state index in [0.717, 1.165) is 0 Å². The number of amides is 1. The average molecular weight is 389 g/mol. The third kappa shape index (κ3) is 5.27. The maximum absolute atomic E-state index is 12.5. The first kappa shape index (κ1) is 19.3. The molecule has 1 aromatic heterocycles. The molecular formula is C19H23N3O4S. The molecule has 8 heteroatoms. The van der Waals surface area contributed by atoms with Crippen LogP contribution in [0.4, 0.5) is 10.6 Å². The van der Waals surface area contributed by atoms with Crippen LogP contribution in [-0.2, 0) is 16.6 Å². The Morgan fingerprint density at radius 1 is 1.11 bits per heavy atom. The van der Waals surface area contributed by atoms with E-state index in [2.05, 4.69) is 15.0 Å². The van der Waals surface area contributed by atoms with E-state index in [1.165, 1.54) is 49.9 Å². The first-order valence-corrected chi connectivity index (χ1v) is 10.5. The summed E-state index contributed by atoms with van der Waals surface area (Å²) >= 11 is 0. The number of benzene rings is 1. The second kappa shape index (κ2) is 8.49. The molecule has 7 nitrogen and oxygen atoms in total. The number of aromatic nitrogens is 1. The van der Waals surface area contributed by atoms with Crippen LogP contribution in [0.5, 0.6) is 0 Å². The summed E-state index contributed by atoms with van der Waals surface area (Å²) in [4.78, 5) is 14.8. The lowest BCUT2D eigenvalue weighted by Gasteiger charge is -2.22. The molecule has 3 rings (SSSR count). The first-order chi connectivity index (χ1) is 12.9. The van der Waals surface area contributed by atoms with Gasteiger partial charge in [0.15, 0.2) is 0 Å². The van der Waals surface area contributed by atoms with Crippen molar-refractivity contribution in [3.8, 4) is 0 Å². The van der Waals surface area contributed by atoms with Gasteiger partial charge in [0.2, 0.25) is 10.0 Å². The van der Waals surface area contributed by atoms with Crippen molar-refractivity contribution >= 4 is 21.9 Å². The van der Waals surface area contributed by atoms with Crippen LogP contribution in [0.25, 0.3) is 0 Å². The Hall–Kier alpha value is -2.45. The Morgan fingerprint density at radius 2 is 1.81 bits per heavy atom. The third-order valence-electron chi connectivity index (χ3n) is 4.79. The van der Waals surface area contributed by atoms with Gasteiger partial charge in [-0.3, -0.25) is 5.32 Å². The number of anilines is 1. The Balaban J connectivity index is 1.65. The second-order valence-electron chi connectivity index (χ2n) is 6.71. The van der Waals surface area contributed by atoms with Crippen LogP contribution in [0.3, 0.4) is 0 Å². The molecular weight excluding hydrogens is 366 g/mol. The van der Waals surface area contributed by atoms with Crippen LogP contribution in [0.2, 0.25) is 0 Å². The maximum atomic E-state index is 12.5. The van der Waals surface area contributed by atoms with Gasteiger partial charge in [0.25, 0.3) is 0 Å². The van der Waals surface area contributed by atoms with E-state index in [9.17, 15) is 13.2 Å². The van der Waals surface area contributed by atoms with E-state index in [-0.39, 0.29) is 17.3 Å². The summed E-state index contributed by atoms with van der Waals surface area (Å²) in [5, 5.41) is 10.9. The number of nitrogens with one attached hydrogen (secondary N) is 2. The normalized spacial score (nSPS) is 15.4. The molecule has 0 aliphatic heterocycles. The first-order valence-electron chi connectivity index (χ1n) is 8.98. The van der Waals surface area contributed by atoms with E-state index in [1.807, 2.05) is 12.1 Å². The van der Waals surface area contributed by atoms with Crippen molar-refractivity contribution in [2.75, 3.05) is 5.32 Å². The maximum Gasteiger partial charge on any atom is 0.410 e. The van der Waals surface area contributed by atoms with Crippen LogP contribution in [0, 0.1) is 0 Å². The molecule has 1 fully saturated rings. The molecule has 144 valence electrons. The van der Waals surface area contributed by atoms with E-state index in [0.29, 0.717) is 11.5 Å². The minimum atomic E-state index is -3.65. The molecule has 2 aromatic rings. The summed E-state index contributed by atoms with van der Waals surface area (Å²) in [5.74, 6) is 0.677. The van der Waals surface area contributed by atoms with E-state index in [1.54, 1.807) is 18.2 Å². The van der Waals surface area contributed by atoms with Crippen molar-refractivity contribution in [3.63, 3.8) is 0 Å². The number of carbonyl (C=O) groups is 1. The second-order valence-corrected chi connectivity index (χ2v) is 8.47. The fraction of sp³-hybridized carbons (Fsp3) is 0.368. The number of nitrogens with zero attached hydrogens (tertiary/aromatic N) is 1. The van der Waals surface area contributed by atoms with Crippen LogP contribution in [0.15, 0.2) is 47.5 Å². The average Bonchev–Trinajstić information content (AvgIpc) is 2.67. The van der Waals surface area contributed by atoms with Crippen molar-refractivity contribution in [2.24, 2.45) is 0 Å². The van der Waals surface area contributed by atoms with Gasteiger partial charge < -0.3 is 5.11 Å². The predicted octanol–water partition coefficient (Wildman–Crippen LogP) is 3.70. The molecule has 0 bridgehead atoms. The molecule has 1 heterocycles. The SMILES string of the molecule is O=C(O)Nc1cc(CNS(=O)(=O)c2ccc(C3CCCCC3)cc2)ccn1. The minimum absolute atomic E-state index is 0.0452. The highest BCUT2D eigenvalue weighted by Gasteiger charge is 2.18. The van der Waals surface area contributed by atoms with Crippen LogP contribution < -0.4 is 10.0 Å². The van der Waals surface area contributed by atoms with Gasteiger partial charge in [0.05, 0.1) is 4.90 Å². The Morgan fingerprint density at radius 3 is 2.48 bits per heavy atom. The zero-order valence-electron chi connectivity index (χ0n) is 14.9. The monoisotopic (exact) mass is 389 g/mol. The highest BCUT2D eigenvalue weighted by atomic mass is 32.2. The largest absolute Gasteiger partial charge is 0.465 e. The molecule has 0 spiro atoms. The van der Waals surface area contributed by atoms with Gasteiger partial charge in [0, 0.05) is 12.7 Å². The summed E-state index contributed by atoms with van der Waals surface area (Å²) in [6.07, 6.45) is 6.28. The molecule has 0 radical (unpaired) electrons. The smallest absolute Gasteiger partial charge is 0.410 e. The summed E-state index contributed by atoms with van der Waals surface area (Å²) in [7, 11) is -3.65. The highest BCUT2D eigenvalue weighted by Crippen LogP contribution is 2.32. The van der Waals surface area contributed by atoms with Gasteiger partial charge in [-0.05, 0) is 54.2 Å². The van der Waals surface area contributed by atoms with Gasteiger partial charge in [-0.2, -0.15) is 0 Å². The number of sulfonamides is 1. The van der Waals surface area contributed by atoms with Crippen LogP contribution in [0.1, 0.15) is 49.1 Å². The van der Waals surface area contributed by atoms with E-state index < -0.39 is 16.1 Å².